The molecule has 0 aliphatic rings. The molecule has 0 aromatic carbocycles. The molecule has 1 unspecified atom stereocenters. The highest BCUT2D eigenvalue weighted by Gasteiger charge is 2.02. The van der Waals surface area contributed by atoms with E-state index in [1.54, 1.807) is 0 Å². The highest BCUT2D eigenvalue weighted by Crippen LogP contribution is 2.08. The van der Waals surface area contributed by atoms with Gasteiger partial charge in [0.25, 0.3) is 0 Å². The molecule has 0 amide bonds. The zero-order valence-corrected chi connectivity index (χ0v) is 9.62. The smallest absolute Gasteiger partial charge is 0.117 e. The summed E-state index contributed by atoms with van der Waals surface area (Å²) in [4.78, 5) is 0. The molecular formula is C12H21NO2. The molecule has 1 aromatic heterocycles. The number of aryl methyl sites for hydroxylation is 1. The van der Waals surface area contributed by atoms with Gasteiger partial charge in [0.15, 0.2) is 0 Å². The van der Waals surface area contributed by atoms with Gasteiger partial charge in [0, 0.05) is 13.0 Å². The summed E-state index contributed by atoms with van der Waals surface area (Å²) < 4.78 is 5.56. The number of aliphatic hydroxyl groups excluding tert-OH is 1. The minimum absolute atomic E-state index is 0.267. The topological polar surface area (TPSA) is 45.4 Å². The number of rotatable bonds is 7. The minimum Gasteiger partial charge on any atom is -0.465 e. The molecule has 1 rings (SSSR count). The molecule has 1 heterocycles. The maximum Gasteiger partial charge on any atom is 0.117 e. The van der Waals surface area contributed by atoms with Crippen LogP contribution in [0.2, 0.25) is 0 Å². The molecule has 15 heavy (non-hydrogen) atoms. The van der Waals surface area contributed by atoms with Crippen molar-refractivity contribution in [1.29, 1.82) is 0 Å². The standard InChI is InChI=1S/C12H21NO2/c1-3-11-4-5-12(15-11)9-13-8-10(2)6-7-14/h4-5,10,13-14H,3,6-9H2,1-2H3. The Morgan fingerprint density at radius 3 is 2.73 bits per heavy atom. The van der Waals surface area contributed by atoms with Crippen molar-refractivity contribution in [3.8, 4) is 0 Å². The lowest BCUT2D eigenvalue weighted by Crippen LogP contribution is -2.21. The Hall–Kier alpha value is -0.800. The highest BCUT2D eigenvalue weighted by molar-refractivity contribution is 5.06. The summed E-state index contributed by atoms with van der Waals surface area (Å²) in [7, 11) is 0. The molecule has 0 bridgehead atoms. The van der Waals surface area contributed by atoms with Crippen LogP contribution < -0.4 is 5.32 Å². The second kappa shape index (κ2) is 6.64. The predicted octanol–water partition coefficient (Wildman–Crippen LogP) is 1.95. The van der Waals surface area contributed by atoms with Crippen molar-refractivity contribution in [3.05, 3.63) is 23.7 Å². The van der Waals surface area contributed by atoms with E-state index in [2.05, 4.69) is 19.2 Å². The SMILES string of the molecule is CCc1ccc(CNCC(C)CCO)o1. The van der Waals surface area contributed by atoms with Crippen molar-refractivity contribution in [2.75, 3.05) is 13.2 Å². The molecule has 0 saturated carbocycles. The van der Waals surface area contributed by atoms with Gasteiger partial charge in [0.1, 0.15) is 11.5 Å². The van der Waals surface area contributed by atoms with Crippen LogP contribution in [-0.2, 0) is 13.0 Å². The zero-order chi connectivity index (χ0) is 11.1. The van der Waals surface area contributed by atoms with E-state index in [0.29, 0.717) is 5.92 Å². The van der Waals surface area contributed by atoms with Crippen LogP contribution in [0.5, 0.6) is 0 Å². The van der Waals surface area contributed by atoms with Crippen LogP contribution in [0.25, 0.3) is 0 Å². The van der Waals surface area contributed by atoms with Gasteiger partial charge in [0.2, 0.25) is 0 Å². The quantitative estimate of drug-likeness (QED) is 0.724. The van der Waals surface area contributed by atoms with Gasteiger partial charge in [-0.1, -0.05) is 13.8 Å². The van der Waals surface area contributed by atoms with Crippen molar-refractivity contribution in [2.45, 2.75) is 33.2 Å². The van der Waals surface area contributed by atoms with Gasteiger partial charge in [-0.15, -0.1) is 0 Å². The number of nitrogens with one attached hydrogen (secondary N) is 1. The van der Waals surface area contributed by atoms with E-state index in [-0.39, 0.29) is 6.61 Å². The fourth-order valence-corrected chi connectivity index (χ4v) is 1.47. The van der Waals surface area contributed by atoms with E-state index >= 15 is 0 Å². The number of hydrogen-bond donors (Lipinski definition) is 2. The van der Waals surface area contributed by atoms with Gasteiger partial charge >= 0.3 is 0 Å². The van der Waals surface area contributed by atoms with Gasteiger partial charge in [-0.3, -0.25) is 0 Å². The Morgan fingerprint density at radius 1 is 1.40 bits per heavy atom. The summed E-state index contributed by atoms with van der Waals surface area (Å²) in [6.07, 6.45) is 1.80. The molecular weight excluding hydrogens is 190 g/mol. The third kappa shape index (κ3) is 4.49. The molecule has 0 spiro atoms. The molecule has 3 heteroatoms. The monoisotopic (exact) mass is 211 g/mol. The summed E-state index contributed by atoms with van der Waals surface area (Å²) in [5, 5.41) is 12.1. The third-order valence-corrected chi connectivity index (χ3v) is 2.48. The summed E-state index contributed by atoms with van der Waals surface area (Å²) >= 11 is 0. The number of hydrogen-bond acceptors (Lipinski definition) is 3. The number of furan rings is 1. The van der Waals surface area contributed by atoms with Crippen LogP contribution in [0, 0.1) is 5.92 Å². The molecule has 2 N–H and O–H groups in total. The lowest BCUT2D eigenvalue weighted by Gasteiger charge is -2.09. The maximum atomic E-state index is 8.74. The normalized spacial score (nSPS) is 13.0. The summed E-state index contributed by atoms with van der Waals surface area (Å²) in [6, 6.07) is 4.04. The van der Waals surface area contributed by atoms with Crippen LogP contribution in [0.3, 0.4) is 0 Å². The Morgan fingerprint density at radius 2 is 2.13 bits per heavy atom. The second-order valence-corrected chi connectivity index (χ2v) is 3.97. The first-order valence-corrected chi connectivity index (χ1v) is 5.65. The van der Waals surface area contributed by atoms with Gasteiger partial charge in [-0.05, 0) is 31.0 Å². The molecule has 0 radical (unpaired) electrons. The van der Waals surface area contributed by atoms with Crippen LogP contribution in [0.15, 0.2) is 16.5 Å². The largest absolute Gasteiger partial charge is 0.465 e. The van der Waals surface area contributed by atoms with E-state index in [0.717, 1.165) is 37.5 Å². The van der Waals surface area contributed by atoms with Crippen LogP contribution in [0.1, 0.15) is 31.8 Å². The zero-order valence-electron chi connectivity index (χ0n) is 9.62. The summed E-state index contributed by atoms with van der Waals surface area (Å²) in [5.41, 5.74) is 0. The molecule has 0 aliphatic carbocycles. The molecule has 1 aromatic rings. The first-order chi connectivity index (χ1) is 7.26. The van der Waals surface area contributed by atoms with Gasteiger partial charge in [-0.25, -0.2) is 0 Å². The van der Waals surface area contributed by atoms with Gasteiger partial charge < -0.3 is 14.8 Å². The van der Waals surface area contributed by atoms with Crippen molar-refractivity contribution in [3.63, 3.8) is 0 Å². The Labute approximate surface area is 91.5 Å². The van der Waals surface area contributed by atoms with Crippen LogP contribution in [-0.4, -0.2) is 18.3 Å². The van der Waals surface area contributed by atoms with Crippen molar-refractivity contribution < 1.29 is 9.52 Å². The molecule has 0 fully saturated rings. The Bertz CT molecular complexity index is 270. The van der Waals surface area contributed by atoms with E-state index in [1.807, 2.05) is 12.1 Å². The lowest BCUT2D eigenvalue weighted by atomic mass is 10.1. The Kier molecular flexibility index (Phi) is 5.43. The third-order valence-electron chi connectivity index (χ3n) is 2.48. The summed E-state index contributed by atoms with van der Waals surface area (Å²) in [6.45, 7) is 6.17. The first-order valence-electron chi connectivity index (χ1n) is 5.65. The van der Waals surface area contributed by atoms with Gasteiger partial charge in [-0.2, -0.15) is 0 Å². The number of aliphatic hydroxyl groups is 1. The van der Waals surface area contributed by atoms with E-state index < -0.39 is 0 Å². The Balaban J connectivity index is 2.19. The molecule has 0 saturated heterocycles. The molecule has 3 nitrogen and oxygen atoms in total. The average Bonchev–Trinajstić information content (AvgIpc) is 2.66. The molecule has 0 aliphatic heterocycles. The maximum absolute atomic E-state index is 8.74. The fourth-order valence-electron chi connectivity index (χ4n) is 1.47. The van der Waals surface area contributed by atoms with Gasteiger partial charge in [0.05, 0.1) is 6.54 Å². The van der Waals surface area contributed by atoms with E-state index in [1.165, 1.54) is 0 Å². The van der Waals surface area contributed by atoms with Crippen molar-refractivity contribution in [1.82, 2.24) is 5.32 Å². The predicted molar refractivity (Wildman–Crippen MR) is 60.7 cm³/mol. The lowest BCUT2D eigenvalue weighted by molar-refractivity contribution is 0.259. The van der Waals surface area contributed by atoms with Crippen LogP contribution in [0.4, 0.5) is 0 Å². The van der Waals surface area contributed by atoms with E-state index in [9.17, 15) is 0 Å². The molecule has 86 valence electrons. The second-order valence-electron chi connectivity index (χ2n) is 3.97. The molecule has 1 atom stereocenters. The minimum atomic E-state index is 0.267. The first kappa shape index (κ1) is 12.3. The summed E-state index contributed by atoms with van der Waals surface area (Å²) in [5.74, 6) is 2.54. The average molecular weight is 211 g/mol. The fraction of sp³-hybridized carbons (Fsp3) is 0.667. The highest BCUT2D eigenvalue weighted by atomic mass is 16.3. The van der Waals surface area contributed by atoms with Crippen molar-refractivity contribution >= 4 is 0 Å². The van der Waals surface area contributed by atoms with Crippen LogP contribution >= 0.6 is 0 Å². The van der Waals surface area contributed by atoms with E-state index in [4.69, 9.17) is 9.52 Å². The van der Waals surface area contributed by atoms with Crippen molar-refractivity contribution in [2.24, 2.45) is 5.92 Å².